The van der Waals surface area contributed by atoms with Crippen LogP contribution in [0, 0.1) is 5.92 Å². The first-order valence-corrected chi connectivity index (χ1v) is 8.85. The molecule has 0 saturated carbocycles. The molecule has 0 bridgehead atoms. The Hall–Kier alpha value is -2.81. The maximum absolute atomic E-state index is 13.1. The minimum atomic E-state index is -0.923. The third kappa shape index (κ3) is 4.48. The van der Waals surface area contributed by atoms with Crippen LogP contribution in [0.15, 0.2) is 24.3 Å². The lowest BCUT2D eigenvalue weighted by Gasteiger charge is -2.33. The van der Waals surface area contributed by atoms with Gasteiger partial charge in [0.15, 0.2) is 0 Å². The predicted molar refractivity (Wildman–Crippen MR) is 101 cm³/mol. The number of methoxy groups -OCH3 is 1. The van der Waals surface area contributed by atoms with Crippen molar-refractivity contribution in [2.24, 2.45) is 11.8 Å². The van der Waals surface area contributed by atoms with Gasteiger partial charge < -0.3 is 20.7 Å². The summed E-state index contributed by atoms with van der Waals surface area (Å²) >= 11 is 0. The first kappa shape index (κ1) is 20.5. The van der Waals surface area contributed by atoms with E-state index in [0.717, 1.165) is 5.01 Å². The summed E-state index contributed by atoms with van der Waals surface area (Å²) in [5, 5.41) is 3.56. The summed E-state index contributed by atoms with van der Waals surface area (Å²) in [6.07, 6.45) is 0.402. The highest BCUT2D eigenvalue weighted by atomic mass is 16.5. The molecule has 148 valence electrons. The fourth-order valence-corrected chi connectivity index (χ4v) is 3.24. The summed E-state index contributed by atoms with van der Waals surface area (Å²) in [5.41, 5.74) is 6.81. The number of nitrogen functional groups attached to an aromatic ring is 1. The molecule has 0 unspecified atom stereocenters. The zero-order chi connectivity index (χ0) is 20.1. The van der Waals surface area contributed by atoms with Gasteiger partial charge in [-0.2, -0.15) is 0 Å². The molecule has 0 aromatic heterocycles. The number of carbonyl (C=O) groups excluding carboxylic acids is 3. The Morgan fingerprint density at radius 3 is 2.56 bits per heavy atom. The van der Waals surface area contributed by atoms with Crippen molar-refractivity contribution < 1.29 is 19.1 Å². The average Bonchev–Trinajstić information content (AvgIpc) is 3.12. The number of nitrogens with one attached hydrogen (secondary N) is 1. The third-order valence-corrected chi connectivity index (χ3v) is 4.63. The van der Waals surface area contributed by atoms with Gasteiger partial charge in [-0.15, -0.1) is 0 Å². The number of ether oxygens (including phenoxy) is 1. The van der Waals surface area contributed by atoms with Gasteiger partial charge in [0.25, 0.3) is 0 Å². The van der Waals surface area contributed by atoms with Gasteiger partial charge in [0.1, 0.15) is 12.1 Å². The Bertz CT molecular complexity index is 709. The highest BCUT2D eigenvalue weighted by Gasteiger charge is 2.41. The average molecular weight is 377 g/mol. The maximum atomic E-state index is 13.1. The summed E-state index contributed by atoms with van der Waals surface area (Å²) < 4.78 is 4.62. The molecule has 9 heteroatoms. The van der Waals surface area contributed by atoms with Gasteiger partial charge in [0.05, 0.1) is 18.5 Å². The predicted octanol–water partition coefficient (Wildman–Crippen LogP) is 1.17. The van der Waals surface area contributed by atoms with Gasteiger partial charge in [-0.25, -0.2) is 15.6 Å². The quantitative estimate of drug-likeness (QED) is 0.305. The molecule has 2 rings (SSSR count). The number of hydrazine groups is 1. The number of nitrogens with two attached hydrogens (primary N) is 2. The molecular formula is C18H27N5O4. The third-order valence-electron chi connectivity index (χ3n) is 4.63. The van der Waals surface area contributed by atoms with Crippen molar-refractivity contribution in [3.8, 4) is 0 Å². The summed E-state index contributed by atoms with van der Waals surface area (Å²) in [6, 6.07) is 5.35. The molecule has 1 aromatic carbocycles. The molecule has 2 atom stereocenters. The van der Waals surface area contributed by atoms with Crippen LogP contribution < -0.4 is 16.9 Å². The van der Waals surface area contributed by atoms with Crippen molar-refractivity contribution in [3.05, 3.63) is 24.3 Å². The van der Waals surface area contributed by atoms with Crippen LogP contribution >= 0.6 is 0 Å². The molecule has 1 aromatic rings. The lowest BCUT2D eigenvalue weighted by Crippen LogP contribution is -2.58. The van der Waals surface area contributed by atoms with Gasteiger partial charge in [0, 0.05) is 6.54 Å². The fraction of sp³-hybridized carbons (Fsp3) is 0.500. The van der Waals surface area contributed by atoms with Gasteiger partial charge in [-0.05, 0) is 30.9 Å². The van der Waals surface area contributed by atoms with E-state index in [1.54, 1.807) is 38.1 Å². The zero-order valence-corrected chi connectivity index (χ0v) is 15.8. The highest BCUT2D eigenvalue weighted by molar-refractivity contribution is 6.00. The Kier molecular flexibility index (Phi) is 6.62. The second-order valence-electron chi connectivity index (χ2n) is 6.83. The topological polar surface area (TPSA) is 131 Å². The number of carbonyl (C=O) groups is 3. The minimum absolute atomic E-state index is 0.254. The van der Waals surface area contributed by atoms with Crippen LogP contribution in [0.25, 0.3) is 0 Å². The molecule has 1 aliphatic rings. The number of nitrogens with zero attached hydrogens (tertiary/aromatic N) is 2. The Morgan fingerprint density at radius 2 is 1.96 bits per heavy atom. The Labute approximate surface area is 158 Å². The summed E-state index contributed by atoms with van der Waals surface area (Å²) in [5.74, 6) is 4.85. The second kappa shape index (κ2) is 8.72. The number of benzene rings is 1. The normalized spacial score (nSPS) is 17.5. The number of likely N-dealkylation sites (tertiary alicyclic amines) is 1. The smallest absolute Gasteiger partial charge is 0.424 e. The summed E-state index contributed by atoms with van der Waals surface area (Å²) in [7, 11) is 1.19. The summed E-state index contributed by atoms with van der Waals surface area (Å²) in [6.45, 7) is 3.97. The highest BCUT2D eigenvalue weighted by Crippen LogP contribution is 2.24. The van der Waals surface area contributed by atoms with Crippen molar-refractivity contribution in [1.29, 1.82) is 0 Å². The summed E-state index contributed by atoms with van der Waals surface area (Å²) in [4.78, 5) is 39.1. The van der Waals surface area contributed by atoms with Gasteiger partial charge in [-0.1, -0.05) is 26.0 Å². The SMILES string of the molecule is COC(=O)N(N)[C@H](C(=O)N1CCC[C@H]1C(=O)Nc1ccccc1N)C(C)C. The van der Waals surface area contributed by atoms with Crippen molar-refractivity contribution in [1.82, 2.24) is 9.91 Å². The molecule has 1 saturated heterocycles. The number of amides is 3. The second-order valence-corrected chi connectivity index (χ2v) is 6.83. The van der Waals surface area contributed by atoms with Crippen molar-refractivity contribution in [2.45, 2.75) is 38.8 Å². The molecule has 27 heavy (non-hydrogen) atoms. The fourth-order valence-electron chi connectivity index (χ4n) is 3.24. The van der Waals surface area contributed by atoms with E-state index >= 15 is 0 Å². The van der Waals surface area contributed by atoms with Gasteiger partial charge in [-0.3, -0.25) is 9.59 Å². The van der Waals surface area contributed by atoms with E-state index in [0.29, 0.717) is 30.8 Å². The first-order chi connectivity index (χ1) is 12.8. The standard InChI is InChI=1S/C18H27N5O4/c1-11(2)15(23(20)18(26)27-3)17(25)22-10-6-9-14(22)16(24)21-13-8-5-4-7-12(13)19/h4-5,7-8,11,14-15H,6,9-10,19-20H2,1-3H3,(H,21,24)/t14-,15-/m0/s1. The maximum Gasteiger partial charge on any atom is 0.424 e. The van der Waals surface area contributed by atoms with E-state index in [1.807, 2.05) is 0 Å². The van der Waals surface area contributed by atoms with E-state index < -0.39 is 18.2 Å². The Balaban J connectivity index is 2.18. The molecule has 0 aliphatic carbocycles. The lowest BCUT2D eigenvalue weighted by atomic mass is 10.0. The van der Waals surface area contributed by atoms with Crippen LogP contribution in [0.4, 0.5) is 16.2 Å². The van der Waals surface area contributed by atoms with E-state index in [2.05, 4.69) is 10.1 Å². The minimum Gasteiger partial charge on any atom is -0.452 e. The van der Waals surface area contributed by atoms with Crippen LogP contribution in [0.1, 0.15) is 26.7 Å². The molecule has 5 N–H and O–H groups in total. The van der Waals surface area contributed by atoms with E-state index in [9.17, 15) is 14.4 Å². The van der Waals surface area contributed by atoms with Crippen LogP contribution in [0.3, 0.4) is 0 Å². The van der Waals surface area contributed by atoms with Gasteiger partial charge in [0.2, 0.25) is 11.8 Å². The van der Waals surface area contributed by atoms with Crippen molar-refractivity contribution >= 4 is 29.3 Å². The number of rotatable bonds is 5. The first-order valence-electron chi connectivity index (χ1n) is 8.85. The van der Waals surface area contributed by atoms with E-state index in [-0.39, 0.29) is 17.7 Å². The largest absolute Gasteiger partial charge is 0.452 e. The molecule has 9 nitrogen and oxygen atoms in total. The van der Waals surface area contributed by atoms with Crippen LogP contribution in [0.2, 0.25) is 0 Å². The molecule has 0 spiro atoms. The number of anilines is 2. The molecule has 3 amide bonds. The number of hydrogen-bond donors (Lipinski definition) is 3. The van der Waals surface area contributed by atoms with Gasteiger partial charge >= 0.3 is 6.09 Å². The van der Waals surface area contributed by atoms with E-state index in [4.69, 9.17) is 11.6 Å². The molecule has 1 fully saturated rings. The Morgan fingerprint density at radius 1 is 1.30 bits per heavy atom. The van der Waals surface area contributed by atoms with Crippen molar-refractivity contribution in [3.63, 3.8) is 0 Å². The molecule has 1 aliphatic heterocycles. The van der Waals surface area contributed by atoms with Crippen molar-refractivity contribution in [2.75, 3.05) is 24.7 Å². The molecular weight excluding hydrogens is 350 g/mol. The monoisotopic (exact) mass is 377 g/mol. The number of hydrogen-bond acceptors (Lipinski definition) is 6. The molecule has 1 heterocycles. The zero-order valence-electron chi connectivity index (χ0n) is 15.8. The molecule has 0 radical (unpaired) electrons. The van der Waals surface area contributed by atoms with Crippen LogP contribution in [-0.4, -0.2) is 53.6 Å². The van der Waals surface area contributed by atoms with Crippen LogP contribution in [0.5, 0.6) is 0 Å². The van der Waals surface area contributed by atoms with Crippen LogP contribution in [-0.2, 0) is 14.3 Å². The lowest BCUT2D eigenvalue weighted by molar-refractivity contribution is -0.142. The number of para-hydroxylation sites is 2. The van der Waals surface area contributed by atoms with E-state index in [1.165, 1.54) is 12.0 Å².